The zero-order valence-corrected chi connectivity index (χ0v) is 15.6. The van der Waals surface area contributed by atoms with Crippen LogP contribution in [0.5, 0.6) is 0 Å². The third-order valence-electron chi connectivity index (χ3n) is 5.05. The number of carbonyl (C=O) groups excluding carboxylic acids is 1. The number of benzene rings is 1. The summed E-state index contributed by atoms with van der Waals surface area (Å²) in [6.45, 7) is 5.11. The van der Waals surface area contributed by atoms with Crippen molar-refractivity contribution in [3.63, 3.8) is 0 Å². The molecule has 1 fully saturated rings. The van der Waals surface area contributed by atoms with E-state index in [9.17, 15) is 14.9 Å². The number of anilines is 1. The van der Waals surface area contributed by atoms with Gasteiger partial charge in [0, 0.05) is 37.7 Å². The Morgan fingerprint density at radius 3 is 2.67 bits per heavy atom. The molecule has 1 aromatic carbocycles. The van der Waals surface area contributed by atoms with Crippen LogP contribution in [0.25, 0.3) is 0 Å². The van der Waals surface area contributed by atoms with Gasteiger partial charge in [0.05, 0.1) is 29.4 Å². The van der Waals surface area contributed by atoms with Crippen molar-refractivity contribution in [3.05, 3.63) is 34.4 Å². The monoisotopic (exact) mass is 372 g/mol. The number of hydrogen-bond acceptors (Lipinski definition) is 5. The number of quaternary nitrogens is 1. The van der Waals surface area contributed by atoms with Crippen LogP contribution in [0.4, 0.5) is 11.4 Å². The van der Waals surface area contributed by atoms with Crippen molar-refractivity contribution in [2.75, 3.05) is 24.6 Å². The van der Waals surface area contributed by atoms with Gasteiger partial charge in [-0.25, -0.2) is 0 Å². The first-order valence-corrected chi connectivity index (χ1v) is 9.57. The second-order valence-electron chi connectivity index (χ2n) is 7.07. The Morgan fingerprint density at radius 1 is 1.33 bits per heavy atom. The Balaban J connectivity index is 1.71. The number of piperidine rings is 1. The second kappa shape index (κ2) is 8.85. The first kappa shape index (κ1) is 19.2. The maximum atomic E-state index is 12.9. The standard InChI is InChI=1S/C19H25N5O3/c1-2-3-18-17(13-21-12-14-8-10-20-11-9-14)19(25)23(22-18)15-4-6-16(7-5-15)24(26)27/h4-7,13-14,17,20H,2-3,8-12H2,1H3/p+1/t17-/m0/s1. The minimum absolute atomic E-state index is 0.00834. The molecule has 1 aromatic rings. The first-order valence-electron chi connectivity index (χ1n) is 9.57. The molecule has 0 unspecified atom stereocenters. The van der Waals surface area contributed by atoms with Gasteiger partial charge in [-0.05, 0) is 24.5 Å². The lowest BCUT2D eigenvalue weighted by molar-refractivity contribution is -0.664. The molecular formula is C19H26N5O3+. The van der Waals surface area contributed by atoms with Gasteiger partial charge in [-0.1, -0.05) is 13.3 Å². The molecule has 1 saturated heterocycles. The molecule has 0 radical (unpaired) electrons. The molecule has 0 aliphatic carbocycles. The zero-order valence-electron chi connectivity index (χ0n) is 15.6. The molecule has 2 aliphatic heterocycles. The van der Waals surface area contributed by atoms with Crippen molar-refractivity contribution >= 4 is 29.2 Å². The molecule has 0 spiro atoms. The molecule has 2 heterocycles. The van der Waals surface area contributed by atoms with Crippen molar-refractivity contribution in [2.24, 2.45) is 21.9 Å². The summed E-state index contributed by atoms with van der Waals surface area (Å²) in [5.74, 6) is 0.0171. The van der Waals surface area contributed by atoms with Gasteiger partial charge in [0.15, 0.2) is 0 Å². The van der Waals surface area contributed by atoms with E-state index in [1.807, 2.05) is 6.92 Å². The van der Waals surface area contributed by atoms with Crippen LogP contribution in [0.1, 0.15) is 32.6 Å². The Bertz CT molecular complexity index is 738. The van der Waals surface area contributed by atoms with E-state index in [0.717, 1.165) is 38.2 Å². The minimum atomic E-state index is -0.458. The van der Waals surface area contributed by atoms with Crippen LogP contribution < -0.4 is 10.3 Å². The van der Waals surface area contributed by atoms with Crippen LogP contribution in [0.2, 0.25) is 0 Å². The number of hydrazone groups is 1. The molecule has 144 valence electrons. The summed E-state index contributed by atoms with van der Waals surface area (Å²) in [6, 6.07) is 5.89. The number of rotatable bonds is 7. The van der Waals surface area contributed by atoms with E-state index in [-0.39, 0.29) is 11.6 Å². The fraction of sp³-hybridized carbons (Fsp3) is 0.526. The van der Waals surface area contributed by atoms with Gasteiger partial charge < -0.3 is 5.32 Å². The van der Waals surface area contributed by atoms with Gasteiger partial charge in [-0.15, -0.1) is 0 Å². The van der Waals surface area contributed by atoms with Crippen LogP contribution in [0.3, 0.4) is 0 Å². The summed E-state index contributed by atoms with van der Waals surface area (Å²) < 4.78 is 0. The number of nitro groups is 1. The molecule has 8 nitrogen and oxygen atoms in total. The highest BCUT2D eigenvalue weighted by atomic mass is 16.6. The van der Waals surface area contributed by atoms with Crippen LogP contribution in [-0.2, 0) is 4.79 Å². The number of aliphatic imine (C=N–C) groups is 1. The summed E-state index contributed by atoms with van der Waals surface area (Å²) in [5, 5.41) is 19.0. The third kappa shape index (κ3) is 4.57. The second-order valence-corrected chi connectivity index (χ2v) is 7.07. The molecule has 8 heteroatoms. The summed E-state index contributed by atoms with van der Waals surface area (Å²) in [5.41, 5.74) is 1.34. The van der Waals surface area contributed by atoms with Crippen molar-refractivity contribution in [3.8, 4) is 0 Å². The van der Waals surface area contributed by atoms with Crippen LogP contribution in [0, 0.1) is 22.0 Å². The maximum absolute atomic E-state index is 12.9. The highest BCUT2D eigenvalue weighted by Gasteiger charge is 2.35. The predicted molar refractivity (Wildman–Crippen MR) is 104 cm³/mol. The average Bonchev–Trinajstić information content (AvgIpc) is 2.99. The number of amides is 1. The quantitative estimate of drug-likeness (QED) is 0.448. The first-order chi connectivity index (χ1) is 13.1. The fourth-order valence-corrected chi connectivity index (χ4v) is 3.52. The van der Waals surface area contributed by atoms with E-state index in [1.54, 1.807) is 18.3 Å². The number of nitro benzene ring substituents is 1. The number of nitrogens with zero attached hydrogens (tertiary/aromatic N) is 4. The van der Waals surface area contributed by atoms with Crippen molar-refractivity contribution in [1.82, 2.24) is 0 Å². The Labute approximate surface area is 158 Å². The van der Waals surface area contributed by atoms with Crippen LogP contribution >= 0.6 is 0 Å². The van der Waals surface area contributed by atoms with Gasteiger partial charge >= 0.3 is 0 Å². The Morgan fingerprint density at radius 2 is 2.04 bits per heavy atom. The summed E-state index contributed by atoms with van der Waals surface area (Å²) >= 11 is 0. The molecule has 0 saturated carbocycles. The Kier molecular flexibility index (Phi) is 6.28. The molecule has 3 rings (SSSR count). The molecule has 0 aromatic heterocycles. The summed E-state index contributed by atoms with van der Waals surface area (Å²) in [7, 11) is 0. The van der Waals surface area contributed by atoms with E-state index < -0.39 is 10.8 Å². The largest absolute Gasteiger partial charge is 0.346 e. The highest BCUT2D eigenvalue weighted by Crippen LogP contribution is 2.26. The lowest BCUT2D eigenvalue weighted by atomic mass is 9.98. The van der Waals surface area contributed by atoms with Crippen molar-refractivity contribution in [2.45, 2.75) is 32.6 Å². The van der Waals surface area contributed by atoms with Crippen LogP contribution in [-0.4, -0.2) is 42.4 Å². The normalized spacial score (nSPS) is 21.1. The molecule has 1 amide bonds. The van der Waals surface area contributed by atoms with Crippen LogP contribution in [0.15, 0.2) is 34.4 Å². The number of nitrogens with two attached hydrogens (primary N) is 1. The Hall–Kier alpha value is -2.61. The van der Waals surface area contributed by atoms with Gasteiger partial charge in [0.1, 0.15) is 5.92 Å². The SMILES string of the molecule is CCCC1=NN(c2ccc([N+](=O)[O-])cc2)C(=O)[C@H]1C=NCC1CC[NH2+]CC1. The highest BCUT2D eigenvalue weighted by molar-refractivity contribution is 6.24. The number of carbonyl (C=O) groups is 1. The molecule has 27 heavy (non-hydrogen) atoms. The fourth-order valence-electron chi connectivity index (χ4n) is 3.52. The van der Waals surface area contributed by atoms with E-state index in [4.69, 9.17) is 0 Å². The van der Waals surface area contributed by atoms with Gasteiger partial charge in [0.2, 0.25) is 0 Å². The van der Waals surface area contributed by atoms with E-state index in [0.29, 0.717) is 11.6 Å². The number of hydrogen-bond donors (Lipinski definition) is 1. The molecular weight excluding hydrogens is 346 g/mol. The van der Waals surface area contributed by atoms with Crippen molar-refractivity contribution in [1.29, 1.82) is 0 Å². The predicted octanol–water partition coefficient (Wildman–Crippen LogP) is 1.76. The summed E-state index contributed by atoms with van der Waals surface area (Å²) in [4.78, 5) is 27.8. The van der Waals surface area contributed by atoms with Gasteiger partial charge in [-0.3, -0.25) is 19.9 Å². The topological polar surface area (TPSA) is 105 Å². The summed E-state index contributed by atoms with van der Waals surface area (Å²) in [6.07, 6.45) is 5.70. The van der Waals surface area contributed by atoms with E-state index >= 15 is 0 Å². The van der Waals surface area contributed by atoms with Gasteiger partial charge in [0.25, 0.3) is 11.6 Å². The minimum Gasteiger partial charge on any atom is -0.346 e. The van der Waals surface area contributed by atoms with Gasteiger partial charge in [-0.2, -0.15) is 10.1 Å². The average molecular weight is 372 g/mol. The number of non-ortho nitro benzene ring substituents is 1. The smallest absolute Gasteiger partial charge is 0.269 e. The molecule has 0 bridgehead atoms. The maximum Gasteiger partial charge on any atom is 0.269 e. The zero-order chi connectivity index (χ0) is 19.2. The third-order valence-corrected chi connectivity index (χ3v) is 5.05. The van der Waals surface area contributed by atoms with Crippen molar-refractivity contribution < 1.29 is 15.0 Å². The lowest BCUT2D eigenvalue weighted by Gasteiger charge is -2.18. The lowest BCUT2D eigenvalue weighted by Crippen LogP contribution is -2.86. The van der Waals surface area contributed by atoms with E-state index in [2.05, 4.69) is 15.4 Å². The van der Waals surface area contributed by atoms with E-state index in [1.165, 1.54) is 30.0 Å². The molecule has 2 aliphatic rings. The molecule has 2 N–H and O–H groups in total. The molecule has 1 atom stereocenters.